The van der Waals surface area contributed by atoms with E-state index in [9.17, 15) is 24.1 Å². The highest BCUT2D eigenvalue weighted by molar-refractivity contribution is 9.11. The quantitative estimate of drug-likeness (QED) is 0.305. The van der Waals surface area contributed by atoms with Gasteiger partial charge in [-0.05, 0) is 30.1 Å². The van der Waals surface area contributed by atoms with Gasteiger partial charge in [0.25, 0.3) is 5.56 Å². The van der Waals surface area contributed by atoms with E-state index in [-0.39, 0.29) is 17.7 Å². The molecule has 3 rings (SSSR count). The van der Waals surface area contributed by atoms with E-state index >= 15 is 0 Å². The SMILES string of the molecule is COC(=O)[C@H](C)NP(=O)(Oc1ccccc1)OC1OC(n2cc(C=CBr)c(=O)[nH]c2=O)C[C@@H]1O. The molecule has 34 heavy (non-hydrogen) atoms. The zero-order chi connectivity index (χ0) is 24.9. The molecule has 1 fully saturated rings. The number of aliphatic hydroxyl groups excluding tert-OH is 1. The van der Waals surface area contributed by atoms with Crippen LogP contribution in [-0.4, -0.2) is 46.2 Å². The number of halogens is 1. The lowest BCUT2D eigenvalue weighted by molar-refractivity contribution is -0.143. The molecule has 1 aliphatic heterocycles. The van der Waals surface area contributed by atoms with E-state index in [1.165, 1.54) is 43.4 Å². The van der Waals surface area contributed by atoms with E-state index < -0.39 is 49.6 Å². The summed E-state index contributed by atoms with van der Waals surface area (Å²) in [5.74, 6) is -0.555. The first-order valence-electron chi connectivity index (χ1n) is 10.00. The van der Waals surface area contributed by atoms with Crippen LogP contribution in [0.4, 0.5) is 0 Å². The molecule has 5 atom stereocenters. The number of rotatable bonds is 9. The predicted molar refractivity (Wildman–Crippen MR) is 124 cm³/mol. The molecule has 1 aliphatic rings. The van der Waals surface area contributed by atoms with Crippen LogP contribution >= 0.6 is 23.7 Å². The number of aromatic amines is 1. The molecule has 1 aromatic heterocycles. The molecule has 0 amide bonds. The van der Waals surface area contributed by atoms with Crippen LogP contribution in [0.1, 0.15) is 25.1 Å². The van der Waals surface area contributed by atoms with Crippen molar-refractivity contribution in [1.82, 2.24) is 14.6 Å². The second-order valence-electron chi connectivity index (χ2n) is 7.19. The number of nitrogens with zero attached hydrogens (tertiary/aromatic N) is 1. The highest BCUT2D eigenvalue weighted by Crippen LogP contribution is 2.48. The molecule has 12 nitrogen and oxygen atoms in total. The Bertz CT molecular complexity index is 1200. The summed E-state index contributed by atoms with van der Waals surface area (Å²) in [4.78, 5) is 39.7. The molecule has 0 radical (unpaired) electrons. The molecule has 184 valence electrons. The van der Waals surface area contributed by atoms with E-state index in [1.807, 2.05) is 0 Å². The fourth-order valence-electron chi connectivity index (χ4n) is 3.10. The minimum Gasteiger partial charge on any atom is -0.468 e. The maximum atomic E-state index is 13.5. The standard InChI is InChI=1S/C20H23BrN3O9P/c1-12(18(27)30-2)23-34(29,32-14-6-4-3-5-7-14)33-19-15(25)10-16(31-19)24-11-13(8-9-21)17(26)22-20(24)28/h3-9,11-12,15-16,19,25H,10H2,1-2H3,(H,23,29)(H,22,26,28)/t12-,15-,16?,19?,34?/m0/s1. The Hall–Kier alpha value is -2.54. The van der Waals surface area contributed by atoms with E-state index in [2.05, 4.69) is 30.7 Å². The summed E-state index contributed by atoms with van der Waals surface area (Å²) in [5, 5.41) is 13.0. The van der Waals surface area contributed by atoms with Gasteiger partial charge in [-0.3, -0.25) is 23.7 Å². The Morgan fingerprint density at radius 1 is 1.38 bits per heavy atom. The number of esters is 1. The number of benzene rings is 1. The van der Waals surface area contributed by atoms with Crippen molar-refractivity contribution < 1.29 is 33.0 Å². The van der Waals surface area contributed by atoms with Crippen molar-refractivity contribution in [3.05, 3.63) is 67.9 Å². The van der Waals surface area contributed by atoms with Crippen molar-refractivity contribution in [2.75, 3.05) is 7.11 Å². The third kappa shape index (κ3) is 6.32. The van der Waals surface area contributed by atoms with Gasteiger partial charge in [0.05, 0.1) is 12.7 Å². The minimum absolute atomic E-state index is 0.119. The number of para-hydroxylation sites is 1. The summed E-state index contributed by atoms with van der Waals surface area (Å²) >= 11 is 3.06. The Morgan fingerprint density at radius 2 is 2.09 bits per heavy atom. The van der Waals surface area contributed by atoms with Crippen molar-refractivity contribution in [3.63, 3.8) is 0 Å². The number of nitrogens with one attached hydrogen (secondary N) is 2. The van der Waals surface area contributed by atoms with Crippen molar-refractivity contribution >= 4 is 35.7 Å². The lowest BCUT2D eigenvalue weighted by Gasteiger charge is -2.26. The van der Waals surface area contributed by atoms with E-state index in [0.29, 0.717) is 0 Å². The smallest absolute Gasteiger partial charge is 0.461 e. The van der Waals surface area contributed by atoms with Crippen LogP contribution < -0.4 is 20.9 Å². The van der Waals surface area contributed by atoms with Crippen LogP contribution in [0, 0.1) is 0 Å². The molecule has 0 saturated carbocycles. The zero-order valence-corrected chi connectivity index (χ0v) is 20.6. The first-order chi connectivity index (χ1) is 16.2. The van der Waals surface area contributed by atoms with Crippen LogP contribution in [0.3, 0.4) is 0 Å². The average molecular weight is 560 g/mol. The molecule has 2 heterocycles. The van der Waals surface area contributed by atoms with Gasteiger partial charge in [-0.15, -0.1) is 0 Å². The van der Waals surface area contributed by atoms with Gasteiger partial charge in [-0.1, -0.05) is 34.1 Å². The summed E-state index contributed by atoms with van der Waals surface area (Å²) in [6, 6.07) is 6.96. The van der Waals surface area contributed by atoms with Gasteiger partial charge in [-0.25, -0.2) is 9.36 Å². The summed E-state index contributed by atoms with van der Waals surface area (Å²) in [7, 11) is -3.14. The molecule has 0 spiro atoms. The summed E-state index contributed by atoms with van der Waals surface area (Å²) < 4.78 is 35.9. The lowest BCUT2D eigenvalue weighted by Crippen LogP contribution is -2.37. The topological polar surface area (TPSA) is 158 Å². The molecule has 0 aliphatic carbocycles. The normalized spacial score (nSPS) is 22.9. The zero-order valence-electron chi connectivity index (χ0n) is 18.1. The Balaban J connectivity index is 1.85. The number of aliphatic hydroxyl groups is 1. The maximum absolute atomic E-state index is 13.5. The van der Waals surface area contributed by atoms with Gasteiger partial charge in [0.2, 0.25) is 0 Å². The number of aromatic nitrogens is 2. The molecular weight excluding hydrogens is 537 g/mol. The molecule has 14 heteroatoms. The van der Waals surface area contributed by atoms with Gasteiger partial charge in [0.15, 0.2) is 6.29 Å². The number of methoxy groups -OCH3 is 1. The van der Waals surface area contributed by atoms with Gasteiger partial charge in [0, 0.05) is 12.6 Å². The van der Waals surface area contributed by atoms with E-state index in [1.54, 1.807) is 18.2 Å². The summed E-state index contributed by atoms with van der Waals surface area (Å²) in [6.45, 7) is 1.39. The van der Waals surface area contributed by atoms with Crippen molar-refractivity contribution in [1.29, 1.82) is 0 Å². The van der Waals surface area contributed by atoms with Crippen LogP contribution in [0.5, 0.6) is 5.75 Å². The molecule has 3 unspecified atom stereocenters. The average Bonchev–Trinajstić information content (AvgIpc) is 3.14. The molecule has 3 N–H and O–H groups in total. The molecule has 2 aromatic rings. The number of carbonyl (C=O) groups excluding carboxylic acids is 1. The fourth-order valence-corrected chi connectivity index (χ4v) is 4.98. The van der Waals surface area contributed by atoms with Crippen molar-refractivity contribution in [2.24, 2.45) is 0 Å². The molecule has 1 aromatic carbocycles. The van der Waals surface area contributed by atoms with Gasteiger partial charge < -0.3 is 19.1 Å². The van der Waals surface area contributed by atoms with Gasteiger partial charge in [-0.2, -0.15) is 5.09 Å². The Morgan fingerprint density at radius 3 is 2.74 bits per heavy atom. The van der Waals surface area contributed by atoms with Gasteiger partial charge in [0.1, 0.15) is 24.1 Å². The number of hydrogen-bond acceptors (Lipinski definition) is 9. The highest BCUT2D eigenvalue weighted by Gasteiger charge is 2.43. The van der Waals surface area contributed by atoms with Crippen molar-refractivity contribution in [2.45, 2.75) is 38.0 Å². The summed E-state index contributed by atoms with van der Waals surface area (Å²) in [5.41, 5.74) is -1.22. The van der Waals surface area contributed by atoms with Crippen LogP contribution in [0.25, 0.3) is 6.08 Å². The van der Waals surface area contributed by atoms with Crippen molar-refractivity contribution in [3.8, 4) is 5.75 Å². The predicted octanol–water partition coefficient (Wildman–Crippen LogP) is 1.86. The first kappa shape index (κ1) is 26.1. The first-order valence-corrected chi connectivity index (χ1v) is 12.5. The lowest BCUT2D eigenvalue weighted by atomic mass is 10.2. The maximum Gasteiger partial charge on any atom is 0.461 e. The molecular formula is C20H23BrN3O9P. The van der Waals surface area contributed by atoms with Gasteiger partial charge >= 0.3 is 19.4 Å². The second kappa shape index (κ2) is 11.3. The third-order valence-electron chi connectivity index (χ3n) is 4.71. The number of H-pyrrole nitrogens is 1. The monoisotopic (exact) mass is 559 g/mol. The summed E-state index contributed by atoms with van der Waals surface area (Å²) in [6.07, 6.45) is -1.29. The van der Waals surface area contributed by atoms with Crippen LogP contribution in [0.15, 0.2) is 51.1 Å². The van der Waals surface area contributed by atoms with E-state index in [4.69, 9.17) is 13.8 Å². The fraction of sp³-hybridized carbons (Fsp3) is 0.350. The highest BCUT2D eigenvalue weighted by atomic mass is 79.9. The Kier molecular flexibility index (Phi) is 8.63. The largest absolute Gasteiger partial charge is 0.468 e. The Labute approximate surface area is 202 Å². The third-order valence-corrected chi connectivity index (χ3v) is 6.62. The number of carbonyl (C=O) groups is 1. The van der Waals surface area contributed by atoms with E-state index in [0.717, 1.165) is 4.57 Å². The second-order valence-corrected chi connectivity index (χ2v) is 9.36. The number of ether oxygens (including phenoxy) is 2. The molecule has 0 bridgehead atoms. The molecule has 1 saturated heterocycles. The number of hydrogen-bond donors (Lipinski definition) is 3. The van der Waals surface area contributed by atoms with Crippen LogP contribution in [-0.2, 0) is 23.4 Å². The minimum atomic E-state index is -4.31. The van der Waals surface area contributed by atoms with Crippen LogP contribution in [0.2, 0.25) is 0 Å².